The van der Waals surface area contributed by atoms with E-state index in [9.17, 15) is 4.79 Å². The number of hydrogen-bond donors (Lipinski definition) is 0. The van der Waals surface area contributed by atoms with E-state index in [0.717, 1.165) is 5.57 Å². The van der Waals surface area contributed by atoms with Gasteiger partial charge in [-0.1, -0.05) is 36.5 Å². The Morgan fingerprint density at radius 3 is 2.08 bits per heavy atom. The van der Waals surface area contributed by atoms with Crippen molar-refractivity contribution in [2.45, 2.75) is 20.8 Å². The van der Waals surface area contributed by atoms with Gasteiger partial charge in [-0.25, -0.2) is 0 Å². The first-order valence-electron chi connectivity index (χ1n) is 4.23. The molecule has 0 N–H and O–H groups in total. The van der Waals surface area contributed by atoms with E-state index in [1.54, 1.807) is 12.2 Å². The second kappa shape index (κ2) is 6.18. The number of rotatable bonds is 4. The second-order valence-electron chi connectivity index (χ2n) is 2.99. The minimum absolute atomic E-state index is 0.0609. The van der Waals surface area contributed by atoms with E-state index in [1.807, 2.05) is 32.1 Å². The molecule has 0 atom stereocenters. The molecule has 0 aliphatic carbocycles. The van der Waals surface area contributed by atoms with Crippen molar-refractivity contribution in [3.63, 3.8) is 0 Å². The van der Waals surface area contributed by atoms with Crippen LogP contribution >= 0.6 is 0 Å². The molecule has 0 radical (unpaired) electrons. The van der Waals surface area contributed by atoms with E-state index in [4.69, 9.17) is 0 Å². The molecule has 0 aromatic heterocycles. The predicted octanol–water partition coefficient (Wildman–Crippen LogP) is 3.21. The Bertz CT molecular complexity index is 273. The first-order valence-corrected chi connectivity index (χ1v) is 4.23. The number of allylic oxidation sites excluding steroid dienone is 7. The van der Waals surface area contributed by atoms with Gasteiger partial charge in [0.25, 0.3) is 0 Å². The third kappa shape index (κ3) is 5.85. The Kier molecular flexibility index (Phi) is 5.53. The summed E-state index contributed by atoms with van der Waals surface area (Å²) in [6.07, 6.45) is 8.88. The topological polar surface area (TPSA) is 17.1 Å². The van der Waals surface area contributed by atoms with E-state index in [0.29, 0.717) is 0 Å². The molecule has 0 aliphatic rings. The van der Waals surface area contributed by atoms with Gasteiger partial charge >= 0.3 is 0 Å². The van der Waals surface area contributed by atoms with Crippen LogP contribution in [0.15, 0.2) is 48.1 Å². The van der Waals surface area contributed by atoms with Crippen molar-refractivity contribution in [1.29, 1.82) is 0 Å². The Hall–Kier alpha value is -1.37. The summed E-state index contributed by atoms with van der Waals surface area (Å²) >= 11 is 0. The first-order chi connectivity index (χ1) is 6.07. The quantitative estimate of drug-likeness (QED) is 0.475. The highest BCUT2D eigenvalue weighted by molar-refractivity contribution is 5.87. The smallest absolute Gasteiger partial charge is 0.152 e. The maximum absolute atomic E-state index is 10.7. The molecule has 13 heavy (non-hydrogen) atoms. The number of carbonyl (C=O) groups is 1. The van der Waals surface area contributed by atoms with Crippen LogP contribution in [0.5, 0.6) is 0 Å². The molecule has 1 heteroatoms. The fourth-order valence-corrected chi connectivity index (χ4v) is 0.768. The lowest BCUT2D eigenvalue weighted by atomic mass is 10.1. The van der Waals surface area contributed by atoms with E-state index in [-0.39, 0.29) is 5.78 Å². The zero-order chi connectivity index (χ0) is 10.3. The Labute approximate surface area is 80.2 Å². The van der Waals surface area contributed by atoms with Crippen LogP contribution in [0, 0.1) is 0 Å². The molecular formula is C12H16O. The van der Waals surface area contributed by atoms with Crippen LogP contribution in [0.4, 0.5) is 0 Å². The van der Waals surface area contributed by atoms with Gasteiger partial charge in [0.1, 0.15) is 0 Å². The van der Waals surface area contributed by atoms with E-state index in [2.05, 4.69) is 6.58 Å². The van der Waals surface area contributed by atoms with Crippen molar-refractivity contribution in [2.75, 3.05) is 0 Å². The minimum Gasteiger partial charge on any atom is -0.295 e. The van der Waals surface area contributed by atoms with Crippen LogP contribution < -0.4 is 0 Å². The minimum atomic E-state index is 0.0609. The summed E-state index contributed by atoms with van der Waals surface area (Å²) in [5.41, 5.74) is 2.23. The number of carbonyl (C=O) groups excluding carboxylic acids is 1. The van der Waals surface area contributed by atoms with Crippen molar-refractivity contribution in [3.05, 3.63) is 48.1 Å². The first kappa shape index (κ1) is 11.6. The van der Waals surface area contributed by atoms with Crippen molar-refractivity contribution in [2.24, 2.45) is 0 Å². The molecule has 0 aliphatic heterocycles. The van der Waals surface area contributed by atoms with Gasteiger partial charge in [0, 0.05) is 0 Å². The lowest BCUT2D eigenvalue weighted by molar-refractivity contribution is -0.112. The summed E-state index contributed by atoms with van der Waals surface area (Å²) in [6, 6.07) is 0. The van der Waals surface area contributed by atoms with E-state index in [1.165, 1.54) is 12.5 Å². The third-order valence-electron chi connectivity index (χ3n) is 1.49. The van der Waals surface area contributed by atoms with Crippen LogP contribution in [0.3, 0.4) is 0 Å². The zero-order valence-corrected chi connectivity index (χ0v) is 8.50. The van der Waals surface area contributed by atoms with Crippen molar-refractivity contribution < 1.29 is 4.79 Å². The lowest BCUT2D eigenvalue weighted by Gasteiger charge is -1.96. The van der Waals surface area contributed by atoms with E-state index < -0.39 is 0 Å². The highest BCUT2D eigenvalue weighted by atomic mass is 16.1. The molecule has 0 aromatic rings. The van der Waals surface area contributed by atoms with Crippen LogP contribution in [0.2, 0.25) is 0 Å². The van der Waals surface area contributed by atoms with Gasteiger partial charge < -0.3 is 0 Å². The van der Waals surface area contributed by atoms with Gasteiger partial charge in [-0.3, -0.25) is 4.79 Å². The molecule has 70 valence electrons. The zero-order valence-electron chi connectivity index (χ0n) is 8.50. The lowest BCUT2D eigenvalue weighted by Crippen LogP contribution is -1.82. The molecule has 0 aromatic carbocycles. The highest BCUT2D eigenvalue weighted by Crippen LogP contribution is 2.06. The van der Waals surface area contributed by atoms with Gasteiger partial charge in [-0.15, -0.1) is 0 Å². The molecule has 0 saturated carbocycles. The largest absolute Gasteiger partial charge is 0.295 e. The average molecular weight is 176 g/mol. The van der Waals surface area contributed by atoms with Crippen LogP contribution in [-0.4, -0.2) is 5.78 Å². The molecular weight excluding hydrogens is 160 g/mol. The Morgan fingerprint density at radius 1 is 1.08 bits per heavy atom. The normalized spacial score (nSPS) is 10.7. The van der Waals surface area contributed by atoms with Crippen LogP contribution in [0.1, 0.15) is 20.8 Å². The number of hydrogen-bond acceptors (Lipinski definition) is 1. The van der Waals surface area contributed by atoms with Crippen LogP contribution in [-0.2, 0) is 4.79 Å². The maximum Gasteiger partial charge on any atom is 0.152 e. The predicted molar refractivity (Wildman–Crippen MR) is 57.5 cm³/mol. The van der Waals surface area contributed by atoms with Gasteiger partial charge in [0.15, 0.2) is 5.78 Å². The molecule has 0 saturated heterocycles. The summed E-state index contributed by atoms with van der Waals surface area (Å²) in [4.78, 5) is 10.7. The van der Waals surface area contributed by atoms with Crippen LogP contribution in [0.25, 0.3) is 0 Å². The summed E-state index contributed by atoms with van der Waals surface area (Å²) < 4.78 is 0. The molecule has 0 unspecified atom stereocenters. The van der Waals surface area contributed by atoms with Gasteiger partial charge in [0.2, 0.25) is 0 Å². The van der Waals surface area contributed by atoms with Gasteiger partial charge in [-0.05, 0) is 32.4 Å². The summed E-state index contributed by atoms with van der Waals surface area (Å²) in [5, 5.41) is 0. The monoisotopic (exact) mass is 176 g/mol. The molecule has 0 fully saturated rings. The standard InChI is InChI=1S/C12H16O/c1-5-6-7-12(10(2)3)9-8-11(4)13/h5-9H,1H2,2-4H3/b7-6-,9-8?. The fraction of sp³-hybridized carbons (Fsp3) is 0.250. The SMILES string of the molecule is C=C/C=C\C(C=CC(C)=O)=C(C)C. The van der Waals surface area contributed by atoms with Crippen molar-refractivity contribution in [3.8, 4) is 0 Å². The van der Waals surface area contributed by atoms with E-state index >= 15 is 0 Å². The Morgan fingerprint density at radius 2 is 1.69 bits per heavy atom. The summed E-state index contributed by atoms with van der Waals surface area (Å²) in [5.74, 6) is 0.0609. The molecule has 0 spiro atoms. The van der Waals surface area contributed by atoms with Gasteiger partial charge in [0.05, 0.1) is 0 Å². The molecule has 0 bridgehead atoms. The van der Waals surface area contributed by atoms with Crippen molar-refractivity contribution in [1.82, 2.24) is 0 Å². The van der Waals surface area contributed by atoms with Gasteiger partial charge in [-0.2, -0.15) is 0 Å². The number of ketones is 1. The third-order valence-corrected chi connectivity index (χ3v) is 1.49. The van der Waals surface area contributed by atoms with Crippen molar-refractivity contribution >= 4 is 5.78 Å². The average Bonchev–Trinajstić information content (AvgIpc) is 2.03. The summed E-state index contributed by atoms with van der Waals surface area (Å²) in [6.45, 7) is 9.14. The maximum atomic E-state index is 10.7. The second-order valence-corrected chi connectivity index (χ2v) is 2.99. The molecule has 0 rings (SSSR count). The molecule has 1 nitrogen and oxygen atoms in total. The highest BCUT2D eigenvalue weighted by Gasteiger charge is 1.89. The molecule has 0 heterocycles. The fourth-order valence-electron chi connectivity index (χ4n) is 0.768. The summed E-state index contributed by atoms with van der Waals surface area (Å²) in [7, 11) is 0. The molecule has 0 amide bonds. The Balaban J connectivity index is 4.66.